The highest BCUT2D eigenvalue weighted by atomic mass is 19.1. The third-order valence-corrected chi connectivity index (χ3v) is 2.82. The molecule has 2 N–H and O–H groups in total. The van der Waals surface area contributed by atoms with Gasteiger partial charge in [-0.25, -0.2) is 8.78 Å². The number of halogens is 2. The summed E-state index contributed by atoms with van der Waals surface area (Å²) in [5.74, 6) is -0.895. The maximum absolute atomic E-state index is 13.6. The van der Waals surface area contributed by atoms with Crippen molar-refractivity contribution in [1.29, 1.82) is 0 Å². The number of benzene rings is 1. The van der Waals surface area contributed by atoms with Crippen LogP contribution >= 0.6 is 0 Å². The second-order valence-corrected chi connectivity index (χ2v) is 4.29. The Kier molecular flexibility index (Phi) is 3.33. The number of aromatic nitrogens is 1. The summed E-state index contributed by atoms with van der Waals surface area (Å²) in [5.41, 5.74) is 6.24. The first-order chi connectivity index (χ1) is 8.11. The molecule has 1 aromatic carbocycles. The van der Waals surface area contributed by atoms with E-state index in [1.54, 1.807) is 12.3 Å². The minimum absolute atomic E-state index is 0.236. The number of pyridine rings is 1. The lowest BCUT2D eigenvalue weighted by atomic mass is 10.0. The van der Waals surface area contributed by atoms with E-state index in [-0.39, 0.29) is 5.92 Å². The van der Waals surface area contributed by atoms with Crippen LogP contribution in [0.2, 0.25) is 0 Å². The summed E-state index contributed by atoms with van der Waals surface area (Å²) in [4.78, 5) is 4.19. The third-order valence-electron chi connectivity index (χ3n) is 2.82. The van der Waals surface area contributed by atoms with Crippen LogP contribution in [0.4, 0.5) is 8.78 Å². The summed E-state index contributed by atoms with van der Waals surface area (Å²) in [6.45, 7) is 2.51. The van der Waals surface area contributed by atoms with Crippen molar-refractivity contribution in [3.8, 4) is 0 Å². The Labute approximate surface area is 98.5 Å². The Bertz CT molecular complexity index is 540. The van der Waals surface area contributed by atoms with E-state index in [1.165, 1.54) is 6.07 Å². The van der Waals surface area contributed by atoms with Crippen LogP contribution in [0.25, 0.3) is 10.8 Å². The van der Waals surface area contributed by atoms with E-state index in [9.17, 15) is 8.78 Å². The van der Waals surface area contributed by atoms with Crippen molar-refractivity contribution in [3.63, 3.8) is 0 Å². The fourth-order valence-corrected chi connectivity index (χ4v) is 1.84. The summed E-state index contributed by atoms with van der Waals surface area (Å²) in [6.07, 6.45) is 2.17. The van der Waals surface area contributed by atoms with E-state index in [4.69, 9.17) is 5.73 Å². The maximum Gasteiger partial charge on any atom is 0.134 e. The molecule has 1 aromatic heterocycles. The van der Waals surface area contributed by atoms with E-state index >= 15 is 0 Å². The SMILES string of the molecule is CC(CN)Cc1nccc2c(F)cc(F)cc12. The molecule has 0 aliphatic heterocycles. The zero-order valence-corrected chi connectivity index (χ0v) is 9.58. The minimum atomic E-state index is -0.579. The molecule has 0 amide bonds. The molecule has 2 rings (SSSR count). The lowest BCUT2D eigenvalue weighted by Gasteiger charge is -2.10. The van der Waals surface area contributed by atoms with Crippen molar-refractivity contribution in [2.45, 2.75) is 13.3 Å². The number of nitrogens with zero attached hydrogens (tertiary/aromatic N) is 1. The highest BCUT2D eigenvalue weighted by Crippen LogP contribution is 2.23. The van der Waals surface area contributed by atoms with Gasteiger partial charge in [-0.3, -0.25) is 4.98 Å². The zero-order valence-electron chi connectivity index (χ0n) is 9.58. The second-order valence-electron chi connectivity index (χ2n) is 4.29. The number of rotatable bonds is 3. The lowest BCUT2D eigenvalue weighted by molar-refractivity contribution is 0.581. The summed E-state index contributed by atoms with van der Waals surface area (Å²) >= 11 is 0. The number of fused-ring (bicyclic) bond motifs is 1. The summed E-state index contributed by atoms with van der Waals surface area (Å²) in [7, 11) is 0. The van der Waals surface area contributed by atoms with Crippen LogP contribution in [0.3, 0.4) is 0 Å². The first kappa shape index (κ1) is 11.9. The molecule has 0 spiro atoms. The van der Waals surface area contributed by atoms with Crippen LogP contribution in [0.15, 0.2) is 24.4 Å². The molecule has 2 aromatic rings. The molecule has 0 aliphatic carbocycles. The van der Waals surface area contributed by atoms with Crippen molar-refractivity contribution in [2.75, 3.05) is 6.54 Å². The van der Waals surface area contributed by atoms with Crippen molar-refractivity contribution in [2.24, 2.45) is 11.7 Å². The molecule has 1 unspecified atom stereocenters. The van der Waals surface area contributed by atoms with Crippen molar-refractivity contribution < 1.29 is 8.78 Å². The van der Waals surface area contributed by atoms with Gasteiger partial charge >= 0.3 is 0 Å². The number of hydrogen-bond acceptors (Lipinski definition) is 2. The molecule has 0 bridgehead atoms. The van der Waals surface area contributed by atoms with Gasteiger partial charge in [-0.15, -0.1) is 0 Å². The molecule has 0 saturated carbocycles. The fourth-order valence-electron chi connectivity index (χ4n) is 1.84. The monoisotopic (exact) mass is 236 g/mol. The molecule has 0 radical (unpaired) electrons. The largest absolute Gasteiger partial charge is 0.330 e. The van der Waals surface area contributed by atoms with Crippen molar-refractivity contribution >= 4 is 10.8 Å². The van der Waals surface area contributed by atoms with E-state index < -0.39 is 11.6 Å². The highest BCUT2D eigenvalue weighted by molar-refractivity contribution is 5.85. The molecule has 0 aliphatic rings. The van der Waals surface area contributed by atoms with Gasteiger partial charge in [0, 0.05) is 28.7 Å². The molecule has 4 heteroatoms. The van der Waals surface area contributed by atoms with Gasteiger partial charge in [0.1, 0.15) is 11.6 Å². The van der Waals surface area contributed by atoms with Crippen LogP contribution in [0.5, 0.6) is 0 Å². The van der Waals surface area contributed by atoms with Crippen LogP contribution < -0.4 is 5.73 Å². The number of hydrogen-bond donors (Lipinski definition) is 1. The molecule has 0 saturated heterocycles. The van der Waals surface area contributed by atoms with Gasteiger partial charge in [0.25, 0.3) is 0 Å². The predicted molar refractivity (Wildman–Crippen MR) is 63.6 cm³/mol. The first-order valence-corrected chi connectivity index (χ1v) is 5.54. The Balaban J connectivity index is 2.56. The van der Waals surface area contributed by atoms with Crippen LogP contribution in [-0.2, 0) is 6.42 Å². The average molecular weight is 236 g/mol. The molecular weight excluding hydrogens is 222 g/mol. The molecular formula is C13H14F2N2. The van der Waals surface area contributed by atoms with Gasteiger partial charge in [0.05, 0.1) is 0 Å². The van der Waals surface area contributed by atoms with Gasteiger partial charge in [0.15, 0.2) is 0 Å². The number of nitrogens with two attached hydrogens (primary N) is 1. The topological polar surface area (TPSA) is 38.9 Å². The zero-order chi connectivity index (χ0) is 12.4. The average Bonchev–Trinajstić information content (AvgIpc) is 2.30. The fraction of sp³-hybridized carbons (Fsp3) is 0.308. The van der Waals surface area contributed by atoms with Crippen LogP contribution in [-0.4, -0.2) is 11.5 Å². The molecule has 90 valence electrons. The molecule has 17 heavy (non-hydrogen) atoms. The van der Waals surface area contributed by atoms with Crippen molar-refractivity contribution in [1.82, 2.24) is 4.98 Å². The third kappa shape index (κ3) is 2.42. The summed E-state index contributed by atoms with van der Waals surface area (Å²) < 4.78 is 26.8. The van der Waals surface area contributed by atoms with E-state index in [1.807, 2.05) is 6.92 Å². The standard InChI is InChI=1S/C13H14F2N2/c1-8(7-16)4-13-11-5-9(14)6-12(15)10(11)2-3-17-13/h2-3,5-6,8H,4,7,16H2,1H3. The Morgan fingerprint density at radius 1 is 1.29 bits per heavy atom. The van der Waals surface area contributed by atoms with Gasteiger partial charge in [-0.1, -0.05) is 6.92 Å². The Morgan fingerprint density at radius 2 is 2.06 bits per heavy atom. The molecule has 1 atom stereocenters. The summed E-state index contributed by atoms with van der Waals surface area (Å²) in [6, 6.07) is 3.77. The van der Waals surface area contributed by atoms with Crippen molar-refractivity contribution in [3.05, 3.63) is 41.7 Å². The van der Waals surface area contributed by atoms with Gasteiger partial charge in [-0.05, 0) is 31.0 Å². The normalized spacial score (nSPS) is 12.9. The van der Waals surface area contributed by atoms with E-state index in [0.717, 1.165) is 6.07 Å². The molecule has 0 fully saturated rings. The molecule has 1 heterocycles. The highest BCUT2D eigenvalue weighted by Gasteiger charge is 2.10. The molecule has 2 nitrogen and oxygen atoms in total. The van der Waals surface area contributed by atoms with E-state index in [0.29, 0.717) is 29.4 Å². The lowest BCUT2D eigenvalue weighted by Crippen LogP contribution is -2.14. The van der Waals surface area contributed by atoms with Crippen LogP contribution in [0, 0.1) is 17.6 Å². The van der Waals surface area contributed by atoms with Gasteiger partial charge in [-0.2, -0.15) is 0 Å². The minimum Gasteiger partial charge on any atom is -0.330 e. The predicted octanol–water partition coefficient (Wildman–Crippen LogP) is 2.65. The van der Waals surface area contributed by atoms with E-state index in [2.05, 4.69) is 4.98 Å². The van der Waals surface area contributed by atoms with Crippen LogP contribution in [0.1, 0.15) is 12.6 Å². The smallest absolute Gasteiger partial charge is 0.134 e. The quantitative estimate of drug-likeness (QED) is 0.889. The first-order valence-electron chi connectivity index (χ1n) is 5.54. The summed E-state index contributed by atoms with van der Waals surface area (Å²) in [5, 5.41) is 0.936. The van der Waals surface area contributed by atoms with Gasteiger partial charge < -0.3 is 5.73 Å². The Hall–Kier alpha value is -1.55. The van der Waals surface area contributed by atoms with Gasteiger partial charge in [0.2, 0.25) is 0 Å². The maximum atomic E-state index is 13.6. The Morgan fingerprint density at radius 3 is 2.76 bits per heavy atom. The second kappa shape index (κ2) is 4.75.